The molecule has 2 N–H and O–H groups in total. The molecule has 88 valence electrons. The Labute approximate surface area is 94.7 Å². The monoisotopic (exact) mass is 224 g/mol. The molecule has 16 heavy (non-hydrogen) atoms. The lowest BCUT2D eigenvalue weighted by Gasteiger charge is -2.22. The fraction of sp³-hybridized carbons (Fsp3) is 0.636. The summed E-state index contributed by atoms with van der Waals surface area (Å²) in [6, 6.07) is 0. The zero-order valence-electron chi connectivity index (χ0n) is 9.49. The standard InChI is InChI=1S/C11H17FN4/c1-16(7-8-4-2-3-5-8)10-9(12)6-14-11(13)15-10/h6,8H,2-5,7H2,1H3,(H2,13,14,15). The molecule has 1 fully saturated rings. The van der Waals surface area contributed by atoms with Gasteiger partial charge in [0.05, 0.1) is 6.20 Å². The largest absolute Gasteiger partial charge is 0.368 e. The Bertz CT molecular complexity index is 363. The summed E-state index contributed by atoms with van der Waals surface area (Å²) in [5, 5.41) is 0. The third-order valence-corrected chi connectivity index (χ3v) is 3.11. The third-order valence-electron chi connectivity index (χ3n) is 3.11. The summed E-state index contributed by atoms with van der Waals surface area (Å²) >= 11 is 0. The molecule has 0 atom stereocenters. The van der Waals surface area contributed by atoms with E-state index in [1.165, 1.54) is 25.7 Å². The Hall–Kier alpha value is -1.39. The van der Waals surface area contributed by atoms with Crippen LogP contribution in [0, 0.1) is 11.7 Å². The average molecular weight is 224 g/mol. The first-order valence-corrected chi connectivity index (χ1v) is 5.66. The minimum atomic E-state index is -0.408. The number of halogens is 1. The molecule has 5 heteroatoms. The van der Waals surface area contributed by atoms with Crippen LogP contribution in [0.1, 0.15) is 25.7 Å². The minimum Gasteiger partial charge on any atom is -0.368 e. The van der Waals surface area contributed by atoms with Gasteiger partial charge in [-0.05, 0) is 18.8 Å². The van der Waals surface area contributed by atoms with Gasteiger partial charge < -0.3 is 10.6 Å². The van der Waals surface area contributed by atoms with E-state index in [1.54, 1.807) is 0 Å². The normalized spacial score (nSPS) is 16.6. The highest BCUT2D eigenvalue weighted by molar-refractivity contribution is 5.41. The summed E-state index contributed by atoms with van der Waals surface area (Å²) in [6.45, 7) is 0.841. The molecule has 0 radical (unpaired) electrons. The van der Waals surface area contributed by atoms with Crippen molar-refractivity contribution in [3.8, 4) is 0 Å². The van der Waals surface area contributed by atoms with Crippen LogP contribution in [0.2, 0.25) is 0 Å². The highest BCUT2D eigenvalue weighted by Gasteiger charge is 2.19. The van der Waals surface area contributed by atoms with Gasteiger partial charge in [0.2, 0.25) is 5.95 Å². The van der Waals surface area contributed by atoms with Gasteiger partial charge >= 0.3 is 0 Å². The predicted octanol–water partition coefficient (Wildman–Crippen LogP) is 1.82. The van der Waals surface area contributed by atoms with E-state index >= 15 is 0 Å². The van der Waals surface area contributed by atoms with Crippen molar-refractivity contribution in [3.05, 3.63) is 12.0 Å². The van der Waals surface area contributed by atoms with Gasteiger partial charge in [0.1, 0.15) is 0 Å². The Kier molecular flexibility index (Phi) is 3.22. The quantitative estimate of drug-likeness (QED) is 0.851. The number of nitrogens with two attached hydrogens (primary N) is 1. The number of aromatic nitrogens is 2. The Morgan fingerprint density at radius 1 is 1.50 bits per heavy atom. The van der Waals surface area contributed by atoms with Crippen LogP contribution in [0.25, 0.3) is 0 Å². The molecular weight excluding hydrogens is 207 g/mol. The Morgan fingerprint density at radius 3 is 2.88 bits per heavy atom. The molecule has 1 aliphatic carbocycles. The van der Waals surface area contributed by atoms with Crippen LogP contribution in [-0.2, 0) is 0 Å². The second-order valence-electron chi connectivity index (χ2n) is 4.43. The SMILES string of the molecule is CN(CC1CCCC1)c1nc(N)ncc1F. The smallest absolute Gasteiger partial charge is 0.222 e. The van der Waals surface area contributed by atoms with Crippen molar-refractivity contribution in [2.24, 2.45) is 5.92 Å². The van der Waals surface area contributed by atoms with Crippen molar-refractivity contribution < 1.29 is 4.39 Å². The molecule has 0 saturated heterocycles. The van der Waals surface area contributed by atoms with Gasteiger partial charge in [-0.1, -0.05) is 12.8 Å². The number of hydrogen-bond acceptors (Lipinski definition) is 4. The first-order valence-electron chi connectivity index (χ1n) is 5.66. The van der Waals surface area contributed by atoms with E-state index in [2.05, 4.69) is 9.97 Å². The summed E-state index contributed by atoms with van der Waals surface area (Å²) in [7, 11) is 1.85. The molecule has 1 aromatic rings. The van der Waals surface area contributed by atoms with Gasteiger partial charge in [-0.25, -0.2) is 9.37 Å². The number of hydrogen-bond donors (Lipinski definition) is 1. The fourth-order valence-corrected chi connectivity index (χ4v) is 2.31. The summed E-state index contributed by atoms with van der Waals surface area (Å²) < 4.78 is 13.5. The van der Waals surface area contributed by atoms with Crippen LogP contribution in [0.5, 0.6) is 0 Å². The summed E-state index contributed by atoms with van der Waals surface area (Å²) in [5.41, 5.74) is 5.46. The van der Waals surface area contributed by atoms with E-state index in [0.717, 1.165) is 12.7 Å². The Balaban J connectivity index is 2.07. The number of nitrogens with zero attached hydrogens (tertiary/aromatic N) is 3. The van der Waals surface area contributed by atoms with Gasteiger partial charge in [0.15, 0.2) is 11.6 Å². The van der Waals surface area contributed by atoms with Crippen molar-refractivity contribution in [3.63, 3.8) is 0 Å². The van der Waals surface area contributed by atoms with Crippen molar-refractivity contribution in [2.75, 3.05) is 24.2 Å². The van der Waals surface area contributed by atoms with E-state index in [1.807, 2.05) is 11.9 Å². The van der Waals surface area contributed by atoms with Gasteiger partial charge in [0, 0.05) is 13.6 Å². The van der Waals surface area contributed by atoms with Gasteiger partial charge in [0.25, 0.3) is 0 Å². The maximum absolute atomic E-state index is 13.5. The highest BCUT2D eigenvalue weighted by Crippen LogP contribution is 2.27. The van der Waals surface area contributed by atoms with E-state index in [-0.39, 0.29) is 5.95 Å². The number of anilines is 2. The van der Waals surface area contributed by atoms with Crippen molar-refractivity contribution in [2.45, 2.75) is 25.7 Å². The molecule has 0 bridgehead atoms. The molecule has 1 saturated carbocycles. The second kappa shape index (κ2) is 4.63. The van der Waals surface area contributed by atoms with Gasteiger partial charge in [-0.2, -0.15) is 4.98 Å². The van der Waals surface area contributed by atoms with Gasteiger partial charge in [-0.3, -0.25) is 0 Å². The molecule has 1 aliphatic rings. The van der Waals surface area contributed by atoms with Crippen LogP contribution >= 0.6 is 0 Å². The van der Waals surface area contributed by atoms with Crippen LogP contribution in [-0.4, -0.2) is 23.6 Å². The van der Waals surface area contributed by atoms with Crippen molar-refractivity contribution >= 4 is 11.8 Å². The lowest BCUT2D eigenvalue weighted by atomic mass is 10.1. The average Bonchev–Trinajstić information content (AvgIpc) is 2.74. The Morgan fingerprint density at radius 2 is 2.19 bits per heavy atom. The zero-order valence-corrected chi connectivity index (χ0v) is 9.49. The molecule has 0 amide bonds. The second-order valence-corrected chi connectivity index (χ2v) is 4.43. The summed E-state index contributed by atoms with van der Waals surface area (Å²) in [6.07, 6.45) is 6.15. The number of rotatable bonds is 3. The summed E-state index contributed by atoms with van der Waals surface area (Å²) in [4.78, 5) is 9.39. The molecular formula is C11H17FN4. The summed E-state index contributed by atoms with van der Waals surface area (Å²) in [5.74, 6) is 0.671. The maximum Gasteiger partial charge on any atom is 0.222 e. The molecule has 0 aromatic carbocycles. The predicted molar refractivity (Wildman–Crippen MR) is 61.6 cm³/mol. The molecule has 1 aromatic heterocycles. The topological polar surface area (TPSA) is 55.0 Å². The van der Waals surface area contributed by atoms with Crippen molar-refractivity contribution in [1.82, 2.24) is 9.97 Å². The third kappa shape index (κ3) is 2.40. The molecule has 2 rings (SSSR count). The molecule has 0 aliphatic heterocycles. The number of nitrogen functional groups attached to an aromatic ring is 1. The van der Waals surface area contributed by atoms with Crippen LogP contribution in [0.3, 0.4) is 0 Å². The van der Waals surface area contributed by atoms with Gasteiger partial charge in [-0.15, -0.1) is 0 Å². The molecule has 4 nitrogen and oxygen atoms in total. The minimum absolute atomic E-state index is 0.120. The molecule has 1 heterocycles. The molecule has 0 spiro atoms. The maximum atomic E-state index is 13.5. The zero-order chi connectivity index (χ0) is 11.5. The first-order chi connectivity index (χ1) is 7.66. The van der Waals surface area contributed by atoms with E-state index in [4.69, 9.17) is 5.73 Å². The van der Waals surface area contributed by atoms with Crippen LogP contribution < -0.4 is 10.6 Å². The van der Waals surface area contributed by atoms with Crippen LogP contribution in [0.15, 0.2) is 6.20 Å². The lowest BCUT2D eigenvalue weighted by Crippen LogP contribution is -2.26. The lowest BCUT2D eigenvalue weighted by molar-refractivity contribution is 0.534. The molecule has 0 unspecified atom stereocenters. The van der Waals surface area contributed by atoms with E-state index in [0.29, 0.717) is 11.7 Å². The fourth-order valence-electron chi connectivity index (χ4n) is 2.31. The first kappa shape index (κ1) is 11.1. The highest BCUT2D eigenvalue weighted by atomic mass is 19.1. The van der Waals surface area contributed by atoms with E-state index in [9.17, 15) is 4.39 Å². The van der Waals surface area contributed by atoms with Crippen LogP contribution in [0.4, 0.5) is 16.2 Å². The van der Waals surface area contributed by atoms with Crippen molar-refractivity contribution in [1.29, 1.82) is 0 Å². The van der Waals surface area contributed by atoms with E-state index < -0.39 is 5.82 Å².